The predicted molar refractivity (Wildman–Crippen MR) is 99.3 cm³/mol. The van der Waals surface area contributed by atoms with Gasteiger partial charge in [0.1, 0.15) is 6.26 Å². The first-order valence-corrected chi connectivity index (χ1v) is 8.89. The van der Waals surface area contributed by atoms with Gasteiger partial charge in [-0.2, -0.15) is 0 Å². The van der Waals surface area contributed by atoms with Crippen molar-refractivity contribution in [3.63, 3.8) is 0 Å². The summed E-state index contributed by atoms with van der Waals surface area (Å²) >= 11 is 0. The first-order valence-electron chi connectivity index (χ1n) is 8.89. The van der Waals surface area contributed by atoms with Crippen molar-refractivity contribution < 1.29 is 18.7 Å². The number of aromatic nitrogens is 1. The molecular formula is C21H20N2O4. The predicted octanol–water partition coefficient (Wildman–Crippen LogP) is 3.66. The lowest BCUT2D eigenvalue weighted by Crippen LogP contribution is -2.31. The number of oxazole rings is 1. The summed E-state index contributed by atoms with van der Waals surface area (Å²) in [6.45, 7) is 3.32. The van der Waals surface area contributed by atoms with Gasteiger partial charge < -0.3 is 18.8 Å². The molecule has 6 heteroatoms. The van der Waals surface area contributed by atoms with Crippen molar-refractivity contribution in [1.82, 2.24) is 9.88 Å². The molecule has 0 atom stereocenters. The summed E-state index contributed by atoms with van der Waals surface area (Å²) in [6, 6.07) is 15.4. The monoisotopic (exact) mass is 364 g/mol. The Morgan fingerprint density at radius 2 is 1.93 bits per heavy atom. The second-order valence-corrected chi connectivity index (χ2v) is 6.28. The molecule has 0 fully saturated rings. The molecular weight excluding hydrogens is 344 g/mol. The van der Waals surface area contributed by atoms with Gasteiger partial charge in [-0.15, -0.1) is 0 Å². The van der Waals surface area contributed by atoms with E-state index in [1.54, 1.807) is 11.2 Å². The van der Waals surface area contributed by atoms with E-state index in [4.69, 9.17) is 13.9 Å². The summed E-state index contributed by atoms with van der Waals surface area (Å²) in [7, 11) is 0. The molecule has 1 aliphatic heterocycles. The van der Waals surface area contributed by atoms with Crippen molar-refractivity contribution in [3.05, 3.63) is 66.1 Å². The molecule has 1 aliphatic rings. The lowest BCUT2D eigenvalue weighted by Gasteiger charge is -2.20. The smallest absolute Gasteiger partial charge is 0.231 e. The molecule has 0 N–H and O–H groups in total. The Kier molecular flexibility index (Phi) is 4.78. The minimum Gasteiger partial charge on any atom is -0.454 e. The van der Waals surface area contributed by atoms with E-state index in [0.717, 1.165) is 22.6 Å². The Morgan fingerprint density at radius 3 is 2.74 bits per heavy atom. The standard InChI is InChI=1S/C21H20N2O4/c1-2-23(12-15-8-9-18-19(10-15)27-14-26-18)20(24)11-17-13-25-21(22-17)16-6-4-3-5-7-16/h3-10,13H,2,11-12,14H2,1H3. The fourth-order valence-electron chi connectivity index (χ4n) is 3.00. The number of hydrogen-bond donors (Lipinski definition) is 0. The highest BCUT2D eigenvalue weighted by atomic mass is 16.7. The van der Waals surface area contributed by atoms with E-state index in [0.29, 0.717) is 24.7 Å². The highest BCUT2D eigenvalue weighted by Gasteiger charge is 2.18. The fraction of sp³-hybridized carbons (Fsp3) is 0.238. The van der Waals surface area contributed by atoms with Crippen LogP contribution in [0.25, 0.3) is 11.5 Å². The molecule has 1 aromatic heterocycles. The lowest BCUT2D eigenvalue weighted by atomic mass is 10.1. The third-order valence-electron chi connectivity index (χ3n) is 4.45. The molecule has 4 rings (SSSR count). The molecule has 0 unspecified atom stereocenters. The molecule has 2 aromatic carbocycles. The zero-order valence-electron chi connectivity index (χ0n) is 15.1. The number of nitrogens with zero attached hydrogens (tertiary/aromatic N) is 2. The number of carbonyl (C=O) groups is 1. The van der Waals surface area contributed by atoms with Crippen LogP contribution in [0.2, 0.25) is 0 Å². The molecule has 0 saturated carbocycles. The van der Waals surface area contributed by atoms with Crippen LogP contribution >= 0.6 is 0 Å². The maximum atomic E-state index is 12.7. The summed E-state index contributed by atoms with van der Waals surface area (Å²) in [5, 5.41) is 0. The molecule has 3 aromatic rings. The van der Waals surface area contributed by atoms with Gasteiger partial charge in [-0.3, -0.25) is 4.79 Å². The van der Waals surface area contributed by atoms with Gasteiger partial charge in [0.25, 0.3) is 0 Å². The Labute approximate surface area is 157 Å². The number of hydrogen-bond acceptors (Lipinski definition) is 5. The van der Waals surface area contributed by atoms with Crippen molar-refractivity contribution in [2.24, 2.45) is 0 Å². The number of amides is 1. The van der Waals surface area contributed by atoms with Crippen molar-refractivity contribution in [2.75, 3.05) is 13.3 Å². The summed E-state index contributed by atoms with van der Waals surface area (Å²) in [5.41, 5.74) is 2.52. The van der Waals surface area contributed by atoms with E-state index in [9.17, 15) is 4.79 Å². The van der Waals surface area contributed by atoms with Gasteiger partial charge in [0, 0.05) is 18.7 Å². The Bertz CT molecular complexity index is 936. The van der Waals surface area contributed by atoms with E-state index < -0.39 is 0 Å². The number of ether oxygens (including phenoxy) is 2. The second kappa shape index (κ2) is 7.53. The molecule has 0 saturated heterocycles. The van der Waals surface area contributed by atoms with Gasteiger partial charge in [0.05, 0.1) is 12.1 Å². The highest BCUT2D eigenvalue weighted by molar-refractivity contribution is 5.78. The zero-order valence-corrected chi connectivity index (χ0v) is 15.1. The zero-order chi connectivity index (χ0) is 18.6. The van der Waals surface area contributed by atoms with E-state index >= 15 is 0 Å². The van der Waals surface area contributed by atoms with Crippen LogP contribution in [0.1, 0.15) is 18.2 Å². The maximum absolute atomic E-state index is 12.7. The van der Waals surface area contributed by atoms with Crippen molar-refractivity contribution >= 4 is 5.91 Å². The normalized spacial score (nSPS) is 12.2. The summed E-state index contributed by atoms with van der Waals surface area (Å²) in [5.74, 6) is 1.99. The molecule has 1 amide bonds. The maximum Gasteiger partial charge on any atom is 0.231 e. The van der Waals surface area contributed by atoms with Crippen LogP contribution in [0.5, 0.6) is 11.5 Å². The Balaban J connectivity index is 1.43. The molecule has 0 radical (unpaired) electrons. The summed E-state index contributed by atoms with van der Waals surface area (Å²) in [4.78, 5) is 18.9. The molecule has 2 heterocycles. The fourth-order valence-corrected chi connectivity index (χ4v) is 3.00. The van der Waals surface area contributed by atoms with E-state index in [-0.39, 0.29) is 19.1 Å². The number of likely N-dealkylation sites (N-methyl/N-ethyl adjacent to an activating group) is 1. The van der Waals surface area contributed by atoms with E-state index in [1.807, 2.05) is 55.5 Å². The van der Waals surface area contributed by atoms with Crippen LogP contribution in [0.3, 0.4) is 0 Å². The number of rotatable bonds is 6. The quantitative estimate of drug-likeness (QED) is 0.668. The second-order valence-electron chi connectivity index (χ2n) is 6.28. The van der Waals surface area contributed by atoms with Crippen LogP contribution in [-0.2, 0) is 17.8 Å². The minimum atomic E-state index is 0.00285. The molecule has 27 heavy (non-hydrogen) atoms. The minimum absolute atomic E-state index is 0.00285. The largest absolute Gasteiger partial charge is 0.454 e. The molecule has 0 spiro atoms. The summed E-state index contributed by atoms with van der Waals surface area (Å²) < 4.78 is 16.3. The molecule has 6 nitrogen and oxygen atoms in total. The lowest BCUT2D eigenvalue weighted by molar-refractivity contribution is -0.130. The molecule has 0 bridgehead atoms. The Hall–Kier alpha value is -3.28. The van der Waals surface area contributed by atoms with Crippen LogP contribution in [0, 0.1) is 0 Å². The van der Waals surface area contributed by atoms with E-state index in [2.05, 4.69) is 4.98 Å². The first-order chi connectivity index (χ1) is 13.2. The third-order valence-corrected chi connectivity index (χ3v) is 4.45. The first kappa shape index (κ1) is 17.1. The van der Waals surface area contributed by atoms with Gasteiger partial charge >= 0.3 is 0 Å². The summed E-state index contributed by atoms with van der Waals surface area (Å²) in [6.07, 6.45) is 1.75. The van der Waals surface area contributed by atoms with Crippen molar-refractivity contribution in [1.29, 1.82) is 0 Å². The SMILES string of the molecule is CCN(Cc1ccc2c(c1)OCO2)C(=O)Cc1coc(-c2ccccc2)n1. The van der Waals surface area contributed by atoms with Crippen LogP contribution in [0.15, 0.2) is 59.2 Å². The van der Waals surface area contributed by atoms with E-state index in [1.165, 1.54) is 0 Å². The molecule has 138 valence electrons. The number of carbonyl (C=O) groups excluding carboxylic acids is 1. The van der Waals surface area contributed by atoms with Crippen LogP contribution < -0.4 is 9.47 Å². The van der Waals surface area contributed by atoms with Gasteiger partial charge in [-0.25, -0.2) is 4.98 Å². The van der Waals surface area contributed by atoms with Crippen molar-refractivity contribution in [2.45, 2.75) is 19.9 Å². The van der Waals surface area contributed by atoms with Crippen LogP contribution in [-0.4, -0.2) is 29.1 Å². The van der Waals surface area contributed by atoms with Gasteiger partial charge in [0.15, 0.2) is 11.5 Å². The number of fused-ring (bicyclic) bond motifs is 1. The number of benzene rings is 2. The average Bonchev–Trinajstić information content (AvgIpc) is 3.35. The van der Waals surface area contributed by atoms with Crippen molar-refractivity contribution in [3.8, 4) is 23.0 Å². The molecule has 0 aliphatic carbocycles. The topological polar surface area (TPSA) is 64.8 Å². The van der Waals surface area contributed by atoms with Crippen LogP contribution in [0.4, 0.5) is 0 Å². The highest BCUT2D eigenvalue weighted by Crippen LogP contribution is 2.32. The Morgan fingerprint density at radius 1 is 1.11 bits per heavy atom. The average molecular weight is 364 g/mol. The van der Waals surface area contributed by atoms with Gasteiger partial charge in [-0.1, -0.05) is 24.3 Å². The van der Waals surface area contributed by atoms with Gasteiger partial charge in [-0.05, 0) is 36.8 Å². The van der Waals surface area contributed by atoms with Gasteiger partial charge in [0.2, 0.25) is 18.6 Å². The third kappa shape index (κ3) is 3.79.